The van der Waals surface area contributed by atoms with Gasteiger partial charge >= 0.3 is 0 Å². The molecule has 0 unspecified atom stereocenters. The molecule has 4 aromatic rings. The van der Waals surface area contributed by atoms with Gasteiger partial charge in [0.1, 0.15) is 17.2 Å². The van der Waals surface area contributed by atoms with Gasteiger partial charge in [-0.2, -0.15) is 0 Å². The lowest BCUT2D eigenvalue weighted by atomic mass is 9.80. The number of nitrogens with zero attached hydrogens (tertiary/aromatic N) is 4. The summed E-state index contributed by atoms with van der Waals surface area (Å²) in [5, 5.41) is 16.7. The molecule has 0 saturated heterocycles. The first-order valence-electron chi connectivity index (χ1n) is 14.7. The van der Waals surface area contributed by atoms with E-state index in [-0.39, 0.29) is 23.5 Å². The molecule has 2 heterocycles. The summed E-state index contributed by atoms with van der Waals surface area (Å²) >= 11 is 0. The Kier molecular flexibility index (Phi) is 9.08. The van der Waals surface area contributed by atoms with Gasteiger partial charge in [0.15, 0.2) is 0 Å². The fourth-order valence-electron chi connectivity index (χ4n) is 5.70. The van der Waals surface area contributed by atoms with Crippen LogP contribution in [0.3, 0.4) is 0 Å². The van der Waals surface area contributed by atoms with Crippen molar-refractivity contribution in [2.45, 2.75) is 71.3 Å². The summed E-state index contributed by atoms with van der Waals surface area (Å²) in [5.41, 5.74) is 2.75. The molecule has 1 atom stereocenters. The van der Waals surface area contributed by atoms with E-state index >= 15 is 0 Å². The number of carbonyl (C=O) groups excluding carboxylic acids is 3. The molecule has 2 aromatic carbocycles. The molecule has 0 spiro atoms. The molecular weight excluding hydrogens is 549 g/mol. The number of rotatable bonds is 9. The normalized spacial score (nSPS) is 14.4. The molecule has 3 amide bonds. The number of amides is 3. The molecule has 0 radical (unpaired) electrons. The third-order valence-corrected chi connectivity index (χ3v) is 7.82. The summed E-state index contributed by atoms with van der Waals surface area (Å²) in [4.78, 5) is 43.2. The first-order chi connectivity index (χ1) is 20.7. The van der Waals surface area contributed by atoms with Crippen molar-refractivity contribution in [2.24, 2.45) is 5.92 Å². The number of halogens is 1. The van der Waals surface area contributed by atoms with Crippen LogP contribution in [0.25, 0.3) is 11.0 Å². The van der Waals surface area contributed by atoms with Crippen LogP contribution in [-0.2, 0) is 9.59 Å². The second kappa shape index (κ2) is 13.1. The molecule has 43 heavy (non-hydrogen) atoms. The average molecular weight is 586 g/mol. The minimum Gasteiger partial charge on any atom is -0.325 e. The standard InChI is InChI=1S/C32H36FN7O3/c1-19(2)40-29-14-11-22(17-28(29)38-39-40)31(42)37-30-24(10-7-15-34-30)25(16-21-8-5-4-6-9-21)32(43)36-23-12-13-26(33)27(18-23)35-20(3)41/h7,10-15,17-19,21,25H,4-6,8-9,16H2,1-3H3,(H,35,41)(H,36,43)(H,34,37,42)/t25-/m0/s1. The molecule has 3 N–H and O–H groups in total. The largest absolute Gasteiger partial charge is 0.325 e. The SMILES string of the molecule is CC(=O)Nc1cc(NC(=O)[C@@H](CC2CCCCC2)c2cccnc2NC(=O)c2ccc3c(c2)nnn3C(C)C)ccc1F. The lowest BCUT2D eigenvalue weighted by Crippen LogP contribution is -2.26. The Balaban J connectivity index is 1.42. The molecule has 5 rings (SSSR count). The summed E-state index contributed by atoms with van der Waals surface area (Å²) in [6.45, 7) is 5.31. The molecular formula is C32H36FN7O3. The van der Waals surface area contributed by atoms with Crippen LogP contribution < -0.4 is 16.0 Å². The monoisotopic (exact) mass is 585 g/mol. The van der Waals surface area contributed by atoms with Crippen molar-refractivity contribution in [1.29, 1.82) is 0 Å². The van der Waals surface area contributed by atoms with Crippen molar-refractivity contribution in [3.8, 4) is 0 Å². The van der Waals surface area contributed by atoms with Gasteiger partial charge in [-0.25, -0.2) is 14.1 Å². The van der Waals surface area contributed by atoms with Gasteiger partial charge in [0.05, 0.1) is 17.1 Å². The van der Waals surface area contributed by atoms with Crippen molar-refractivity contribution < 1.29 is 18.8 Å². The van der Waals surface area contributed by atoms with Crippen LogP contribution >= 0.6 is 0 Å². The Bertz CT molecular complexity index is 1650. The first-order valence-corrected chi connectivity index (χ1v) is 14.7. The third kappa shape index (κ3) is 7.04. The number of pyridine rings is 1. The highest BCUT2D eigenvalue weighted by atomic mass is 19.1. The number of benzene rings is 2. The zero-order chi connectivity index (χ0) is 30.5. The van der Waals surface area contributed by atoms with Crippen molar-refractivity contribution in [2.75, 3.05) is 16.0 Å². The molecule has 10 nitrogen and oxygen atoms in total. The summed E-state index contributed by atoms with van der Waals surface area (Å²) in [5.74, 6) is -1.70. The van der Waals surface area contributed by atoms with Gasteiger partial charge in [-0.1, -0.05) is 43.4 Å². The van der Waals surface area contributed by atoms with Crippen LogP contribution in [0.2, 0.25) is 0 Å². The van der Waals surface area contributed by atoms with Crippen LogP contribution in [0.1, 0.15) is 87.2 Å². The Hall–Kier alpha value is -4.67. The van der Waals surface area contributed by atoms with Gasteiger partial charge in [0, 0.05) is 36.0 Å². The van der Waals surface area contributed by atoms with Crippen molar-refractivity contribution >= 4 is 45.9 Å². The van der Waals surface area contributed by atoms with Crippen LogP contribution in [0.5, 0.6) is 0 Å². The molecule has 1 fully saturated rings. The minimum absolute atomic E-state index is 0.0196. The van der Waals surface area contributed by atoms with Gasteiger partial charge < -0.3 is 16.0 Å². The quantitative estimate of drug-likeness (QED) is 0.207. The van der Waals surface area contributed by atoms with Crippen molar-refractivity contribution in [3.05, 3.63) is 71.7 Å². The van der Waals surface area contributed by atoms with Gasteiger partial charge in [-0.05, 0) is 68.7 Å². The molecule has 0 bridgehead atoms. The number of anilines is 3. The van der Waals surface area contributed by atoms with Crippen LogP contribution in [0.4, 0.5) is 21.6 Å². The fourth-order valence-corrected chi connectivity index (χ4v) is 5.70. The van der Waals surface area contributed by atoms with Crippen LogP contribution in [-0.4, -0.2) is 37.7 Å². The number of nitrogens with one attached hydrogen (secondary N) is 3. The molecule has 1 aliphatic rings. The van der Waals surface area contributed by atoms with Gasteiger partial charge in [0.2, 0.25) is 11.8 Å². The maximum Gasteiger partial charge on any atom is 0.256 e. The maximum absolute atomic E-state index is 14.3. The topological polar surface area (TPSA) is 131 Å². The highest BCUT2D eigenvalue weighted by Gasteiger charge is 2.29. The van der Waals surface area contributed by atoms with Gasteiger partial charge in [-0.3, -0.25) is 14.4 Å². The average Bonchev–Trinajstić information content (AvgIpc) is 3.42. The van der Waals surface area contributed by atoms with E-state index in [9.17, 15) is 18.8 Å². The van der Waals surface area contributed by atoms with E-state index in [2.05, 4.69) is 31.2 Å². The highest BCUT2D eigenvalue weighted by molar-refractivity contribution is 6.06. The number of hydrogen-bond donors (Lipinski definition) is 3. The van der Waals surface area contributed by atoms with Crippen molar-refractivity contribution in [3.63, 3.8) is 0 Å². The van der Waals surface area contributed by atoms with Crippen LogP contribution in [0.15, 0.2) is 54.7 Å². The summed E-state index contributed by atoms with van der Waals surface area (Å²) in [6.07, 6.45) is 7.59. The molecule has 224 valence electrons. The smallest absolute Gasteiger partial charge is 0.256 e. The lowest BCUT2D eigenvalue weighted by molar-refractivity contribution is -0.118. The van der Waals surface area contributed by atoms with Crippen LogP contribution in [0, 0.1) is 11.7 Å². The predicted molar refractivity (Wildman–Crippen MR) is 163 cm³/mol. The maximum atomic E-state index is 14.3. The fraction of sp³-hybridized carbons (Fsp3) is 0.375. The zero-order valence-electron chi connectivity index (χ0n) is 24.6. The van der Waals surface area contributed by atoms with E-state index in [0.29, 0.717) is 40.5 Å². The molecule has 0 aliphatic heterocycles. The second-order valence-corrected chi connectivity index (χ2v) is 11.4. The lowest BCUT2D eigenvalue weighted by Gasteiger charge is -2.27. The van der Waals surface area contributed by atoms with E-state index < -0.39 is 17.6 Å². The number of carbonyl (C=O) groups is 3. The van der Waals surface area contributed by atoms with Gasteiger partial charge in [-0.15, -0.1) is 5.10 Å². The van der Waals surface area contributed by atoms with E-state index in [0.717, 1.165) is 31.2 Å². The molecule has 2 aromatic heterocycles. The van der Waals surface area contributed by atoms with Crippen molar-refractivity contribution in [1.82, 2.24) is 20.0 Å². The summed E-state index contributed by atoms with van der Waals surface area (Å²) in [7, 11) is 0. The number of hydrogen-bond acceptors (Lipinski definition) is 6. The predicted octanol–water partition coefficient (Wildman–Crippen LogP) is 6.45. The summed E-state index contributed by atoms with van der Waals surface area (Å²) in [6, 6.07) is 12.9. The second-order valence-electron chi connectivity index (χ2n) is 11.4. The minimum atomic E-state index is -0.630. The van der Waals surface area contributed by atoms with E-state index in [4.69, 9.17) is 0 Å². The molecule has 1 saturated carbocycles. The van der Waals surface area contributed by atoms with E-state index in [1.807, 2.05) is 19.9 Å². The third-order valence-electron chi connectivity index (χ3n) is 7.82. The molecule has 11 heteroatoms. The Morgan fingerprint density at radius 1 is 1.00 bits per heavy atom. The Labute approximate surface area is 249 Å². The highest BCUT2D eigenvalue weighted by Crippen LogP contribution is 2.36. The van der Waals surface area contributed by atoms with E-state index in [1.165, 1.54) is 31.5 Å². The number of fused-ring (bicyclic) bond motifs is 1. The first kappa shape index (κ1) is 29.8. The number of aromatic nitrogens is 4. The summed E-state index contributed by atoms with van der Waals surface area (Å²) < 4.78 is 16.0. The molecule has 1 aliphatic carbocycles. The Morgan fingerprint density at radius 3 is 2.53 bits per heavy atom. The Morgan fingerprint density at radius 2 is 1.79 bits per heavy atom. The zero-order valence-corrected chi connectivity index (χ0v) is 24.6. The van der Waals surface area contributed by atoms with E-state index in [1.54, 1.807) is 35.1 Å². The van der Waals surface area contributed by atoms with Gasteiger partial charge in [0.25, 0.3) is 5.91 Å².